The summed E-state index contributed by atoms with van der Waals surface area (Å²) in [5.74, 6) is 0.881. The fourth-order valence-corrected chi connectivity index (χ4v) is 1.02. The summed E-state index contributed by atoms with van der Waals surface area (Å²) >= 11 is 5.83. The molecule has 0 aliphatic heterocycles. The second kappa shape index (κ2) is 3.76. The molecule has 2 nitrogen and oxygen atoms in total. The van der Waals surface area contributed by atoms with Gasteiger partial charge in [0.05, 0.1) is 5.02 Å². The number of pyridine rings is 1. The number of halogens is 1. The maximum absolute atomic E-state index is 5.83. The Bertz CT molecular complexity index is 271. The molecular formula is C9H13ClN2. The Balaban J connectivity index is 2.82. The van der Waals surface area contributed by atoms with Crippen molar-refractivity contribution < 1.29 is 0 Å². The third-order valence-corrected chi connectivity index (χ3v) is 1.88. The number of rotatable bonds is 2. The first-order chi connectivity index (χ1) is 5.59. The summed E-state index contributed by atoms with van der Waals surface area (Å²) < 4.78 is 0. The molecule has 0 atom stereocenters. The third kappa shape index (κ3) is 2.38. The first-order valence-electron chi connectivity index (χ1n) is 3.98. The average Bonchev–Trinajstić information content (AvgIpc) is 1.96. The number of nitrogens with zero attached hydrogens (tertiary/aromatic N) is 1. The van der Waals surface area contributed by atoms with E-state index in [1.807, 2.05) is 13.0 Å². The van der Waals surface area contributed by atoms with E-state index in [1.54, 1.807) is 6.20 Å². The zero-order chi connectivity index (χ0) is 9.14. The molecule has 12 heavy (non-hydrogen) atoms. The first kappa shape index (κ1) is 9.33. The summed E-state index contributed by atoms with van der Waals surface area (Å²) in [5, 5.41) is 3.92. The maximum atomic E-state index is 5.83. The van der Waals surface area contributed by atoms with Crippen molar-refractivity contribution in [2.24, 2.45) is 0 Å². The maximum Gasteiger partial charge on any atom is 0.126 e. The van der Waals surface area contributed by atoms with Crippen LogP contribution in [-0.4, -0.2) is 11.0 Å². The predicted molar refractivity (Wildman–Crippen MR) is 52.7 cm³/mol. The van der Waals surface area contributed by atoms with Crippen molar-refractivity contribution in [3.63, 3.8) is 0 Å². The molecule has 0 fully saturated rings. The molecule has 0 aliphatic rings. The number of aryl methyl sites for hydroxylation is 1. The second-order valence-electron chi connectivity index (χ2n) is 3.12. The summed E-state index contributed by atoms with van der Waals surface area (Å²) in [7, 11) is 0. The summed E-state index contributed by atoms with van der Waals surface area (Å²) in [4.78, 5) is 4.14. The van der Waals surface area contributed by atoms with Crippen LogP contribution in [0.5, 0.6) is 0 Å². The lowest BCUT2D eigenvalue weighted by Crippen LogP contribution is -2.10. The van der Waals surface area contributed by atoms with Gasteiger partial charge in [0.2, 0.25) is 0 Å². The van der Waals surface area contributed by atoms with Crippen LogP contribution in [0.1, 0.15) is 19.4 Å². The van der Waals surface area contributed by atoms with Gasteiger partial charge in [0.15, 0.2) is 0 Å². The topological polar surface area (TPSA) is 24.9 Å². The van der Waals surface area contributed by atoms with Crippen molar-refractivity contribution >= 4 is 17.4 Å². The predicted octanol–water partition coefficient (Wildman–Crippen LogP) is 2.86. The lowest BCUT2D eigenvalue weighted by Gasteiger charge is -2.09. The SMILES string of the molecule is Cc1cc(NC(C)C)ncc1Cl. The number of hydrogen-bond donors (Lipinski definition) is 1. The fraction of sp³-hybridized carbons (Fsp3) is 0.444. The van der Waals surface area contributed by atoms with Crippen LogP contribution < -0.4 is 5.32 Å². The van der Waals surface area contributed by atoms with Crippen LogP contribution in [0, 0.1) is 6.92 Å². The lowest BCUT2D eigenvalue weighted by atomic mass is 10.3. The van der Waals surface area contributed by atoms with Crippen molar-refractivity contribution in [1.82, 2.24) is 4.98 Å². The smallest absolute Gasteiger partial charge is 0.126 e. The molecule has 66 valence electrons. The van der Waals surface area contributed by atoms with E-state index < -0.39 is 0 Å². The van der Waals surface area contributed by atoms with Crippen LogP contribution in [0.4, 0.5) is 5.82 Å². The minimum atomic E-state index is 0.401. The standard InChI is InChI=1S/C9H13ClN2/c1-6(2)12-9-4-7(3)8(10)5-11-9/h4-6H,1-3H3,(H,11,12). The zero-order valence-corrected chi connectivity index (χ0v) is 8.31. The van der Waals surface area contributed by atoms with Gasteiger partial charge in [0.25, 0.3) is 0 Å². The summed E-state index contributed by atoms with van der Waals surface area (Å²) in [6.07, 6.45) is 1.67. The molecule has 0 aliphatic carbocycles. The van der Waals surface area contributed by atoms with Crippen molar-refractivity contribution in [2.75, 3.05) is 5.32 Å². The molecular weight excluding hydrogens is 172 g/mol. The molecule has 1 aromatic heterocycles. The van der Waals surface area contributed by atoms with E-state index >= 15 is 0 Å². The molecule has 0 aromatic carbocycles. The summed E-state index contributed by atoms with van der Waals surface area (Å²) in [6.45, 7) is 6.12. The van der Waals surface area contributed by atoms with Gasteiger partial charge in [-0.05, 0) is 32.4 Å². The van der Waals surface area contributed by atoms with Crippen molar-refractivity contribution in [3.05, 3.63) is 22.8 Å². The Morgan fingerprint density at radius 3 is 2.67 bits per heavy atom. The highest BCUT2D eigenvalue weighted by Crippen LogP contribution is 2.16. The molecule has 0 saturated heterocycles. The van der Waals surface area contributed by atoms with Gasteiger partial charge >= 0.3 is 0 Å². The van der Waals surface area contributed by atoms with E-state index in [-0.39, 0.29) is 0 Å². The Kier molecular flexibility index (Phi) is 2.93. The van der Waals surface area contributed by atoms with E-state index in [2.05, 4.69) is 24.1 Å². The molecule has 0 bridgehead atoms. The first-order valence-corrected chi connectivity index (χ1v) is 4.36. The molecule has 0 amide bonds. The molecule has 1 aromatic rings. The molecule has 1 heterocycles. The van der Waals surface area contributed by atoms with Gasteiger partial charge in [-0.3, -0.25) is 0 Å². The molecule has 1 N–H and O–H groups in total. The summed E-state index contributed by atoms with van der Waals surface area (Å²) in [6, 6.07) is 2.35. The van der Waals surface area contributed by atoms with E-state index in [0.717, 1.165) is 11.4 Å². The number of aromatic nitrogens is 1. The highest BCUT2D eigenvalue weighted by Gasteiger charge is 1.99. The van der Waals surface area contributed by atoms with E-state index in [1.165, 1.54) is 0 Å². The third-order valence-electron chi connectivity index (χ3n) is 1.48. The molecule has 0 radical (unpaired) electrons. The van der Waals surface area contributed by atoms with Gasteiger partial charge in [-0.25, -0.2) is 4.98 Å². The minimum absolute atomic E-state index is 0.401. The Morgan fingerprint density at radius 2 is 2.17 bits per heavy atom. The zero-order valence-electron chi connectivity index (χ0n) is 7.56. The van der Waals surface area contributed by atoms with E-state index in [0.29, 0.717) is 11.1 Å². The quantitative estimate of drug-likeness (QED) is 0.765. The molecule has 0 saturated carbocycles. The number of anilines is 1. The minimum Gasteiger partial charge on any atom is -0.368 e. The molecule has 0 spiro atoms. The largest absolute Gasteiger partial charge is 0.368 e. The fourth-order valence-electron chi connectivity index (χ4n) is 0.914. The lowest BCUT2D eigenvalue weighted by molar-refractivity contribution is 0.888. The van der Waals surface area contributed by atoms with Crippen molar-refractivity contribution in [1.29, 1.82) is 0 Å². The van der Waals surface area contributed by atoms with Crippen LogP contribution in [0.25, 0.3) is 0 Å². The van der Waals surface area contributed by atoms with Crippen LogP contribution in [-0.2, 0) is 0 Å². The van der Waals surface area contributed by atoms with E-state index in [4.69, 9.17) is 11.6 Å². The highest BCUT2D eigenvalue weighted by molar-refractivity contribution is 6.31. The molecule has 3 heteroatoms. The van der Waals surface area contributed by atoms with Crippen LogP contribution in [0.2, 0.25) is 5.02 Å². The summed E-state index contributed by atoms with van der Waals surface area (Å²) in [5.41, 5.74) is 1.05. The average molecular weight is 185 g/mol. The van der Waals surface area contributed by atoms with Crippen LogP contribution in [0.3, 0.4) is 0 Å². The van der Waals surface area contributed by atoms with Gasteiger partial charge in [0, 0.05) is 12.2 Å². The van der Waals surface area contributed by atoms with Gasteiger partial charge in [-0.1, -0.05) is 11.6 Å². The van der Waals surface area contributed by atoms with Gasteiger partial charge in [0.1, 0.15) is 5.82 Å². The highest BCUT2D eigenvalue weighted by atomic mass is 35.5. The van der Waals surface area contributed by atoms with Crippen molar-refractivity contribution in [2.45, 2.75) is 26.8 Å². The Hall–Kier alpha value is -0.760. The normalized spacial score (nSPS) is 10.4. The van der Waals surface area contributed by atoms with Gasteiger partial charge in [-0.15, -0.1) is 0 Å². The molecule has 1 rings (SSSR count). The van der Waals surface area contributed by atoms with Crippen LogP contribution in [0.15, 0.2) is 12.3 Å². The monoisotopic (exact) mass is 184 g/mol. The van der Waals surface area contributed by atoms with Gasteiger partial charge in [-0.2, -0.15) is 0 Å². The molecule has 0 unspecified atom stereocenters. The van der Waals surface area contributed by atoms with E-state index in [9.17, 15) is 0 Å². The second-order valence-corrected chi connectivity index (χ2v) is 3.52. The Labute approximate surface area is 78.0 Å². The number of nitrogens with one attached hydrogen (secondary N) is 1. The van der Waals surface area contributed by atoms with Crippen molar-refractivity contribution in [3.8, 4) is 0 Å². The van der Waals surface area contributed by atoms with Gasteiger partial charge < -0.3 is 5.32 Å². The van der Waals surface area contributed by atoms with Crippen LogP contribution >= 0.6 is 11.6 Å². The number of hydrogen-bond acceptors (Lipinski definition) is 2. The Morgan fingerprint density at radius 1 is 1.50 bits per heavy atom.